The number of fused-ring (bicyclic) bond motifs is 1. The number of hydrogen-bond donors (Lipinski definition) is 1. The van der Waals surface area contributed by atoms with Crippen LogP contribution in [0.3, 0.4) is 0 Å². The molecule has 19 heavy (non-hydrogen) atoms. The molecule has 3 rings (SSSR count). The fraction of sp³-hybridized carbons (Fsp3) is 0.545. The van der Waals surface area contributed by atoms with Crippen LogP contribution in [-0.4, -0.2) is 25.4 Å². The predicted molar refractivity (Wildman–Crippen MR) is 67.2 cm³/mol. The number of alkyl halides is 2. The summed E-state index contributed by atoms with van der Waals surface area (Å²) in [6, 6.07) is -0.115. The Hall–Kier alpha value is -1.50. The molecule has 102 valence electrons. The molecule has 0 aliphatic heterocycles. The van der Waals surface area contributed by atoms with Gasteiger partial charge in [0.05, 0.1) is 6.20 Å². The normalized spacial score (nSPS) is 19.9. The van der Waals surface area contributed by atoms with Crippen LogP contribution in [0, 0.1) is 0 Å². The number of nitrogen functional groups attached to an aromatic ring is 1. The third kappa shape index (κ3) is 2.22. The molecule has 1 aliphatic rings. The molecular weight excluding hydrogens is 276 g/mol. The number of aromatic nitrogens is 4. The second-order valence-corrected chi connectivity index (χ2v) is 5.11. The minimum atomic E-state index is -2.58. The van der Waals surface area contributed by atoms with Crippen LogP contribution in [0.25, 0.3) is 11.2 Å². The third-order valence-corrected chi connectivity index (χ3v) is 3.66. The highest BCUT2D eigenvalue weighted by Gasteiger charge is 2.36. The van der Waals surface area contributed by atoms with E-state index in [0.717, 1.165) is 0 Å². The SMILES string of the molecule is Nc1nc2cnc(Cl)nc2n1C1CCC(F)(F)CC1. The Morgan fingerprint density at radius 1 is 1.32 bits per heavy atom. The van der Waals surface area contributed by atoms with Gasteiger partial charge in [-0.3, -0.25) is 4.57 Å². The van der Waals surface area contributed by atoms with Gasteiger partial charge in [0.1, 0.15) is 5.52 Å². The Morgan fingerprint density at radius 3 is 2.68 bits per heavy atom. The first-order valence-corrected chi connectivity index (χ1v) is 6.38. The lowest BCUT2D eigenvalue weighted by Crippen LogP contribution is -2.27. The zero-order valence-electron chi connectivity index (χ0n) is 9.98. The maximum absolute atomic E-state index is 13.2. The number of nitrogens with two attached hydrogens (primary N) is 1. The number of anilines is 1. The topological polar surface area (TPSA) is 69.6 Å². The number of nitrogens with zero attached hydrogens (tertiary/aromatic N) is 4. The summed E-state index contributed by atoms with van der Waals surface area (Å²) in [5.41, 5.74) is 6.89. The van der Waals surface area contributed by atoms with Gasteiger partial charge < -0.3 is 5.73 Å². The van der Waals surface area contributed by atoms with Crippen molar-refractivity contribution in [2.75, 3.05) is 5.73 Å². The summed E-state index contributed by atoms with van der Waals surface area (Å²) in [5, 5.41) is 0.0924. The van der Waals surface area contributed by atoms with Crippen LogP contribution in [0.15, 0.2) is 6.20 Å². The van der Waals surface area contributed by atoms with Crippen molar-refractivity contribution in [3.63, 3.8) is 0 Å². The summed E-state index contributed by atoms with van der Waals surface area (Å²) in [5.74, 6) is -2.31. The summed E-state index contributed by atoms with van der Waals surface area (Å²) in [6.07, 6.45) is 1.90. The lowest BCUT2D eigenvalue weighted by Gasteiger charge is -2.29. The highest BCUT2D eigenvalue weighted by molar-refractivity contribution is 6.28. The summed E-state index contributed by atoms with van der Waals surface area (Å²) in [7, 11) is 0. The van der Waals surface area contributed by atoms with Gasteiger partial charge in [-0.15, -0.1) is 0 Å². The van der Waals surface area contributed by atoms with Crippen molar-refractivity contribution < 1.29 is 8.78 Å². The number of hydrogen-bond acceptors (Lipinski definition) is 4. The maximum Gasteiger partial charge on any atom is 0.248 e. The Bertz CT molecular complexity index is 617. The predicted octanol–water partition coefficient (Wildman–Crippen LogP) is 2.81. The molecule has 2 heterocycles. The molecule has 8 heteroatoms. The van der Waals surface area contributed by atoms with Crippen LogP contribution < -0.4 is 5.73 Å². The van der Waals surface area contributed by atoms with E-state index in [1.807, 2.05) is 0 Å². The van der Waals surface area contributed by atoms with Crippen LogP contribution in [0.1, 0.15) is 31.7 Å². The standard InChI is InChI=1S/C11H12ClF2N5/c12-9-16-5-7-8(18-9)19(10(15)17-7)6-1-3-11(13,14)4-2-6/h5-6H,1-4H2,(H2,15,17). The zero-order valence-corrected chi connectivity index (χ0v) is 10.7. The van der Waals surface area contributed by atoms with Crippen LogP contribution >= 0.6 is 11.6 Å². The molecule has 2 N–H and O–H groups in total. The van der Waals surface area contributed by atoms with E-state index in [9.17, 15) is 8.78 Å². The Kier molecular flexibility index (Phi) is 2.81. The van der Waals surface area contributed by atoms with Gasteiger partial charge in [-0.1, -0.05) is 0 Å². The molecule has 1 saturated carbocycles. The first-order chi connectivity index (χ1) is 8.96. The molecule has 0 bridgehead atoms. The Labute approximate surface area is 112 Å². The van der Waals surface area contributed by atoms with Crippen molar-refractivity contribution >= 4 is 28.7 Å². The summed E-state index contributed by atoms with van der Waals surface area (Å²) >= 11 is 5.76. The molecule has 0 saturated heterocycles. The molecule has 1 fully saturated rings. The monoisotopic (exact) mass is 287 g/mol. The molecule has 0 spiro atoms. The van der Waals surface area contributed by atoms with Gasteiger partial charge in [0, 0.05) is 18.9 Å². The van der Waals surface area contributed by atoms with Gasteiger partial charge in [-0.2, -0.15) is 4.98 Å². The van der Waals surface area contributed by atoms with E-state index < -0.39 is 5.92 Å². The van der Waals surface area contributed by atoms with E-state index in [1.165, 1.54) is 6.20 Å². The highest BCUT2D eigenvalue weighted by atomic mass is 35.5. The van der Waals surface area contributed by atoms with Crippen LogP contribution in [0.5, 0.6) is 0 Å². The fourth-order valence-corrected chi connectivity index (χ4v) is 2.66. The zero-order chi connectivity index (χ0) is 13.6. The first-order valence-electron chi connectivity index (χ1n) is 6.00. The van der Waals surface area contributed by atoms with Gasteiger partial charge in [0.15, 0.2) is 5.65 Å². The summed E-state index contributed by atoms with van der Waals surface area (Å²) in [6.45, 7) is 0. The lowest BCUT2D eigenvalue weighted by molar-refractivity contribution is -0.0435. The van der Waals surface area contributed by atoms with Crippen molar-refractivity contribution in [1.82, 2.24) is 19.5 Å². The molecule has 5 nitrogen and oxygen atoms in total. The van der Waals surface area contributed by atoms with Gasteiger partial charge in [0.2, 0.25) is 17.2 Å². The van der Waals surface area contributed by atoms with Gasteiger partial charge in [-0.05, 0) is 24.4 Å². The second-order valence-electron chi connectivity index (χ2n) is 4.78. The molecule has 2 aromatic heterocycles. The van der Waals surface area contributed by atoms with E-state index in [4.69, 9.17) is 17.3 Å². The van der Waals surface area contributed by atoms with Crippen molar-refractivity contribution in [3.05, 3.63) is 11.5 Å². The average Bonchev–Trinajstić information content (AvgIpc) is 2.65. The molecule has 1 aliphatic carbocycles. The largest absolute Gasteiger partial charge is 0.369 e. The Morgan fingerprint density at radius 2 is 2.00 bits per heavy atom. The van der Waals surface area contributed by atoms with Crippen molar-refractivity contribution in [3.8, 4) is 0 Å². The van der Waals surface area contributed by atoms with E-state index in [1.54, 1.807) is 4.57 Å². The smallest absolute Gasteiger partial charge is 0.248 e. The minimum absolute atomic E-state index is 0.0924. The quantitative estimate of drug-likeness (QED) is 0.819. The average molecular weight is 288 g/mol. The number of imidazole rings is 1. The molecular formula is C11H12ClF2N5. The van der Waals surface area contributed by atoms with Crippen LogP contribution in [0.2, 0.25) is 5.28 Å². The van der Waals surface area contributed by atoms with Crippen molar-refractivity contribution in [2.24, 2.45) is 0 Å². The second kappa shape index (κ2) is 4.26. The van der Waals surface area contributed by atoms with Crippen molar-refractivity contribution in [2.45, 2.75) is 37.6 Å². The molecule has 0 aromatic carbocycles. The Balaban J connectivity index is 2.01. The van der Waals surface area contributed by atoms with E-state index in [-0.39, 0.29) is 30.1 Å². The van der Waals surface area contributed by atoms with Gasteiger partial charge in [-0.25, -0.2) is 18.7 Å². The molecule has 0 radical (unpaired) electrons. The minimum Gasteiger partial charge on any atom is -0.369 e. The number of halogens is 3. The maximum atomic E-state index is 13.2. The third-order valence-electron chi connectivity index (χ3n) is 3.48. The molecule has 0 atom stereocenters. The molecule has 0 unspecified atom stereocenters. The number of rotatable bonds is 1. The highest BCUT2D eigenvalue weighted by Crippen LogP contribution is 2.40. The van der Waals surface area contributed by atoms with E-state index in [2.05, 4.69) is 15.0 Å². The summed E-state index contributed by atoms with van der Waals surface area (Å²) in [4.78, 5) is 12.1. The van der Waals surface area contributed by atoms with Gasteiger partial charge >= 0.3 is 0 Å². The molecule has 0 amide bonds. The lowest BCUT2D eigenvalue weighted by atomic mass is 9.92. The van der Waals surface area contributed by atoms with Crippen molar-refractivity contribution in [1.29, 1.82) is 0 Å². The van der Waals surface area contributed by atoms with Crippen LogP contribution in [-0.2, 0) is 0 Å². The molecule has 2 aromatic rings. The van der Waals surface area contributed by atoms with E-state index in [0.29, 0.717) is 24.0 Å². The van der Waals surface area contributed by atoms with Gasteiger partial charge in [0.25, 0.3) is 0 Å². The summed E-state index contributed by atoms with van der Waals surface area (Å²) < 4.78 is 28.1. The van der Waals surface area contributed by atoms with Crippen LogP contribution in [0.4, 0.5) is 14.7 Å². The first kappa shape index (κ1) is 12.5. The van der Waals surface area contributed by atoms with E-state index >= 15 is 0 Å². The fourth-order valence-electron chi connectivity index (χ4n) is 2.53.